The van der Waals surface area contributed by atoms with Gasteiger partial charge in [-0.25, -0.2) is 9.18 Å². The Morgan fingerprint density at radius 2 is 2.06 bits per heavy atom. The van der Waals surface area contributed by atoms with Crippen molar-refractivity contribution < 1.29 is 28.6 Å². The van der Waals surface area contributed by atoms with Crippen molar-refractivity contribution in [2.75, 3.05) is 19.0 Å². The van der Waals surface area contributed by atoms with Crippen LogP contribution < -0.4 is 14.8 Å². The molecule has 0 radical (unpaired) electrons. The van der Waals surface area contributed by atoms with Crippen molar-refractivity contribution in [3.63, 3.8) is 0 Å². The molecule has 0 unspecified atom stereocenters. The minimum Gasteiger partial charge on any atom is -0.493 e. The molecule has 8 heteroatoms. The molecule has 1 aliphatic heterocycles. The lowest BCUT2D eigenvalue weighted by atomic mass is 9.88. The molecular formula is C24H20FNO5S. The molecule has 6 nitrogen and oxygen atoms in total. The van der Waals surface area contributed by atoms with Gasteiger partial charge in [-0.2, -0.15) is 0 Å². The second-order valence-corrected chi connectivity index (χ2v) is 8.19. The first-order valence-corrected chi connectivity index (χ1v) is 10.6. The van der Waals surface area contributed by atoms with E-state index < -0.39 is 17.7 Å². The number of nitrogens with one attached hydrogen (secondary N) is 1. The monoisotopic (exact) mass is 453 g/mol. The molecule has 0 spiro atoms. The van der Waals surface area contributed by atoms with E-state index in [9.17, 15) is 19.1 Å². The first-order chi connectivity index (χ1) is 15.4. The summed E-state index contributed by atoms with van der Waals surface area (Å²) in [6.07, 6.45) is 1.72. The van der Waals surface area contributed by atoms with Crippen LogP contribution in [0, 0.1) is 5.82 Å². The quantitative estimate of drug-likeness (QED) is 0.474. The third kappa shape index (κ3) is 3.85. The summed E-state index contributed by atoms with van der Waals surface area (Å²) in [5.74, 6) is -1.26. The van der Waals surface area contributed by atoms with E-state index in [1.54, 1.807) is 18.2 Å². The van der Waals surface area contributed by atoms with E-state index in [-0.39, 0.29) is 23.8 Å². The third-order valence-corrected chi connectivity index (χ3v) is 6.47. The number of amides is 1. The summed E-state index contributed by atoms with van der Waals surface area (Å²) in [7, 11) is 1.53. The average molecular weight is 453 g/mol. The highest BCUT2D eigenvalue weighted by molar-refractivity contribution is 7.15. The Morgan fingerprint density at radius 1 is 1.31 bits per heavy atom. The molecule has 1 atom stereocenters. The lowest BCUT2D eigenvalue weighted by molar-refractivity contribution is -0.116. The summed E-state index contributed by atoms with van der Waals surface area (Å²) in [6, 6.07) is 10.9. The molecule has 0 aliphatic carbocycles. The Bertz CT molecular complexity index is 1200. The highest BCUT2D eigenvalue weighted by Crippen LogP contribution is 2.51. The van der Waals surface area contributed by atoms with E-state index in [1.807, 2.05) is 6.07 Å². The molecule has 164 valence electrons. The predicted molar refractivity (Wildman–Crippen MR) is 120 cm³/mol. The molecule has 0 fully saturated rings. The molecule has 0 bridgehead atoms. The SMILES string of the molecule is C=CCOc1c(OC)cccc1[C@H]1CC(=O)Nc2c1sc(C(=O)O)c2-c1ccc(F)cc1. The highest BCUT2D eigenvalue weighted by atomic mass is 32.1. The third-order valence-electron chi connectivity index (χ3n) is 5.18. The van der Waals surface area contributed by atoms with Crippen molar-refractivity contribution in [3.8, 4) is 22.6 Å². The van der Waals surface area contributed by atoms with Gasteiger partial charge in [0.2, 0.25) is 5.91 Å². The van der Waals surface area contributed by atoms with Crippen molar-refractivity contribution in [3.05, 3.63) is 76.3 Å². The zero-order valence-electron chi connectivity index (χ0n) is 17.2. The summed E-state index contributed by atoms with van der Waals surface area (Å²) in [5.41, 5.74) is 2.02. The number of carboxylic acids is 1. The number of aromatic carboxylic acids is 1. The fourth-order valence-corrected chi connectivity index (χ4v) is 5.08. The summed E-state index contributed by atoms with van der Waals surface area (Å²) in [6.45, 7) is 3.92. The van der Waals surface area contributed by atoms with E-state index >= 15 is 0 Å². The van der Waals surface area contributed by atoms with Crippen LogP contribution in [0.5, 0.6) is 11.5 Å². The van der Waals surface area contributed by atoms with Crippen molar-refractivity contribution in [1.29, 1.82) is 0 Å². The van der Waals surface area contributed by atoms with Crippen molar-refractivity contribution in [2.24, 2.45) is 0 Å². The van der Waals surface area contributed by atoms with Crippen LogP contribution in [-0.4, -0.2) is 30.7 Å². The lowest BCUT2D eigenvalue weighted by Crippen LogP contribution is -2.23. The number of methoxy groups -OCH3 is 1. The van der Waals surface area contributed by atoms with Crippen LogP contribution in [0.1, 0.15) is 32.5 Å². The molecule has 1 amide bonds. The molecule has 2 heterocycles. The van der Waals surface area contributed by atoms with Crippen LogP contribution in [0.2, 0.25) is 0 Å². The van der Waals surface area contributed by atoms with E-state index in [2.05, 4.69) is 11.9 Å². The van der Waals surface area contributed by atoms with E-state index in [4.69, 9.17) is 9.47 Å². The van der Waals surface area contributed by atoms with Gasteiger partial charge in [0.15, 0.2) is 11.5 Å². The largest absolute Gasteiger partial charge is 0.493 e. The summed E-state index contributed by atoms with van der Waals surface area (Å²) in [4.78, 5) is 25.6. The Morgan fingerprint density at radius 3 is 2.72 bits per heavy atom. The number of hydrogen-bond donors (Lipinski definition) is 2. The number of thiophene rings is 1. The zero-order chi connectivity index (χ0) is 22.8. The number of carboxylic acid groups (broad SMARTS) is 1. The van der Waals surface area contributed by atoms with Crippen LogP contribution >= 0.6 is 11.3 Å². The summed E-state index contributed by atoms with van der Waals surface area (Å²) >= 11 is 1.10. The standard InChI is InChI=1S/C24H20FNO5S/c1-3-11-31-21-15(5-4-6-17(21)30-2)16-12-18(27)26-20-19(13-7-9-14(25)10-8-13)23(24(28)29)32-22(16)20/h3-10,16H,1,11-12H2,2H3,(H,26,27)(H,28,29)/t16-/m1/s1. The second kappa shape index (κ2) is 8.84. The number of fused-ring (bicyclic) bond motifs is 1. The van der Waals surface area contributed by atoms with Gasteiger partial charge >= 0.3 is 5.97 Å². The fraction of sp³-hybridized carbons (Fsp3) is 0.167. The molecule has 32 heavy (non-hydrogen) atoms. The van der Waals surface area contributed by atoms with Gasteiger partial charge in [0.05, 0.1) is 12.8 Å². The smallest absolute Gasteiger partial charge is 0.346 e. The topological polar surface area (TPSA) is 84.9 Å². The van der Waals surface area contributed by atoms with Crippen molar-refractivity contribution in [1.82, 2.24) is 0 Å². The Hall–Kier alpha value is -3.65. The number of carbonyl (C=O) groups is 2. The Labute approximate surface area is 187 Å². The molecule has 3 aromatic rings. The van der Waals surface area contributed by atoms with Gasteiger partial charge in [0.25, 0.3) is 0 Å². The van der Waals surface area contributed by atoms with Gasteiger partial charge in [-0.05, 0) is 23.8 Å². The van der Waals surface area contributed by atoms with E-state index in [1.165, 1.54) is 31.4 Å². The normalized spacial score (nSPS) is 14.9. The van der Waals surface area contributed by atoms with Gasteiger partial charge in [0, 0.05) is 28.3 Å². The number of benzene rings is 2. The molecule has 2 N–H and O–H groups in total. The number of para-hydroxylation sites is 1. The summed E-state index contributed by atoms with van der Waals surface area (Å²) in [5, 5.41) is 12.7. The lowest BCUT2D eigenvalue weighted by Gasteiger charge is -2.26. The van der Waals surface area contributed by atoms with Crippen LogP contribution in [0.4, 0.5) is 10.1 Å². The first kappa shape index (κ1) is 21.6. The Balaban J connectivity index is 1.93. The number of rotatable bonds is 7. The predicted octanol–water partition coefficient (Wildman–Crippen LogP) is 5.30. The number of hydrogen-bond acceptors (Lipinski definition) is 5. The molecule has 0 saturated carbocycles. The maximum absolute atomic E-state index is 13.5. The second-order valence-electron chi connectivity index (χ2n) is 7.14. The van der Waals surface area contributed by atoms with Crippen LogP contribution in [0.3, 0.4) is 0 Å². The van der Waals surface area contributed by atoms with Crippen LogP contribution in [0.15, 0.2) is 55.1 Å². The number of carbonyl (C=O) groups excluding carboxylic acids is 1. The molecule has 4 rings (SSSR count). The van der Waals surface area contributed by atoms with E-state index in [0.29, 0.717) is 38.8 Å². The van der Waals surface area contributed by atoms with Crippen molar-refractivity contribution in [2.45, 2.75) is 12.3 Å². The van der Waals surface area contributed by atoms with E-state index in [0.717, 1.165) is 11.3 Å². The summed E-state index contributed by atoms with van der Waals surface area (Å²) < 4.78 is 24.8. The number of anilines is 1. The molecule has 2 aromatic carbocycles. The fourth-order valence-electron chi connectivity index (χ4n) is 3.85. The number of halogens is 1. The zero-order valence-corrected chi connectivity index (χ0v) is 18.0. The maximum Gasteiger partial charge on any atom is 0.346 e. The number of ether oxygens (including phenoxy) is 2. The van der Waals surface area contributed by atoms with Crippen molar-refractivity contribution >= 4 is 28.9 Å². The first-order valence-electron chi connectivity index (χ1n) is 9.81. The van der Waals surface area contributed by atoms with Gasteiger partial charge in [0.1, 0.15) is 17.3 Å². The molecule has 0 saturated heterocycles. The van der Waals surface area contributed by atoms with Gasteiger partial charge in [-0.1, -0.05) is 36.9 Å². The average Bonchev–Trinajstić information content (AvgIpc) is 3.17. The van der Waals surface area contributed by atoms with Crippen LogP contribution in [0.25, 0.3) is 11.1 Å². The van der Waals surface area contributed by atoms with Crippen LogP contribution in [-0.2, 0) is 4.79 Å². The molecular weight excluding hydrogens is 433 g/mol. The van der Waals surface area contributed by atoms with Gasteiger partial charge in [-0.15, -0.1) is 11.3 Å². The Kier molecular flexibility index (Phi) is 5.96. The molecule has 1 aliphatic rings. The van der Waals surface area contributed by atoms with Gasteiger partial charge in [-0.3, -0.25) is 4.79 Å². The highest BCUT2D eigenvalue weighted by Gasteiger charge is 2.36. The van der Waals surface area contributed by atoms with Gasteiger partial charge < -0.3 is 19.9 Å². The molecule has 1 aromatic heterocycles. The maximum atomic E-state index is 13.5. The minimum absolute atomic E-state index is 0.0743. The minimum atomic E-state index is -1.12.